The van der Waals surface area contributed by atoms with E-state index in [-0.39, 0.29) is 0 Å². The molecule has 1 aliphatic carbocycles. The molecule has 0 bridgehead atoms. The summed E-state index contributed by atoms with van der Waals surface area (Å²) in [5, 5.41) is 0. The van der Waals surface area contributed by atoms with Gasteiger partial charge in [0.25, 0.3) is 0 Å². The second-order valence-corrected chi connectivity index (χ2v) is 6.65. The lowest BCUT2D eigenvalue weighted by Gasteiger charge is -2.50. The summed E-state index contributed by atoms with van der Waals surface area (Å²) in [6.45, 7) is 5.54. The highest BCUT2D eigenvalue weighted by atomic mass is 15.2. The second-order valence-electron chi connectivity index (χ2n) is 6.65. The molecule has 98 valence electrons. The largest absolute Gasteiger partial charge is 0.306 e. The minimum Gasteiger partial charge on any atom is -0.306 e. The van der Waals surface area contributed by atoms with Crippen LogP contribution in [-0.4, -0.2) is 49.1 Å². The van der Waals surface area contributed by atoms with E-state index in [0.29, 0.717) is 0 Å². The van der Waals surface area contributed by atoms with Crippen LogP contribution >= 0.6 is 0 Å². The van der Waals surface area contributed by atoms with Crippen LogP contribution in [0.3, 0.4) is 0 Å². The fourth-order valence-electron chi connectivity index (χ4n) is 4.09. The van der Waals surface area contributed by atoms with Crippen LogP contribution in [0.5, 0.6) is 0 Å². The second kappa shape index (κ2) is 5.27. The Hall–Kier alpha value is -0.0800. The van der Waals surface area contributed by atoms with E-state index >= 15 is 0 Å². The SMILES string of the molecule is CN1CCC(C2CN(C3CCCCC3)C2)CC1. The van der Waals surface area contributed by atoms with Crippen molar-refractivity contribution in [2.75, 3.05) is 33.2 Å². The monoisotopic (exact) mass is 236 g/mol. The summed E-state index contributed by atoms with van der Waals surface area (Å²) >= 11 is 0. The van der Waals surface area contributed by atoms with E-state index in [2.05, 4.69) is 16.8 Å². The molecular weight excluding hydrogens is 208 g/mol. The molecule has 0 N–H and O–H groups in total. The van der Waals surface area contributed by atoms with E-state index < -0.39 is 0 Å². The van der Waals surface area contributed by atoms with E-state index in [9.17, 15) is 0 Å². The first kappa shape index (κ1) is 12.0. The highest BCUT2D eigenvalue weighted by Gasteiger charge is 2.37. The van der Waals surface area contributed by atoms with Gasteiger partial charge in [-0.05, 0) is 57.7 Å². The van der Waals surface area contributed by atoms with Gasteiger partial charge in [0.1, 0.15) is 0 Å². The molecule has 17 heavy (non-hydrogen) atoms. The van der Waals surface area contributed by atoms with Gasteiger partial charge in [-0.15, -0.1) is 0 Å². The van der Waals surface area contributed by atoms with Gasteiger partial charge in [0.15, 0.2) is 0 Å². The number of nitrogens with zero attached hydrogens (tertiary/aromatic N) is 2. The van der Waals surface area contributed by atoms with Crippen LogP contribution in [0, 0.1) is 11.8 Å². The van der Waals surface area contributed by atoms with Crippen LogP contribution in [0.4, 0.5) is 0 Å². The van der Waals surface area contributed by atoms with Gasteiger partial charge in [-0.1, -0.05) is 19.3 Å². The number of likely N-dealkylation sites (tertiary alicyclic amines) is 2. The lowest BCUT2D eigenvalue weighted by molar-refractivity contribution is -0.00887. The third-order valence-electron chi connectivity index (χ3n) is 5.46. The first-order valence-corrected chi connectivity index (χ1v) is 7.75. The van der Waals surface area contributed by atoms with Gasteiger partial charge in [-0.3, -0.25) is 4.90 Å². The summed E-state index contributed by atoms with van der Waals surface area (Å²) in [7, 11) is 2.27. The number of piperidine rings is 1. The van der Waals surface area contributed by atoms with Gasteiger partial charge in [0.05, 0.1) is 0 Å². The van der Waals surface area contributed by atoms with Crippen LogP contribution in [0.2, 0.25) is 0 Å². The Morgan fingerprint density at radius 3 is 2.06 bits per heavy atom. The van der Waals surface area contributed by atoms with Gasteiger partial charge < -0.3 is 4.90 Å². The molecule has 2 aliphatic heterocycles. The first-order valence-electron chi connectivity index (χ1n) is 7.75. The Balaban J connectivity index is 1.41. The summed E-state index contributed by atoms with van der Waals surface area (Å²) in [5.41, 5.74) is 0. The maximum atomic E-state index is 2.79. The Morgan fingerprint density at radius 2 is 1.41 bits per heavy atom. The van der Waals surface area contributed by atoms with Crippen molar-refractivity contribution in [1.29, 1.82) is 0 Å². The molecule has 2 heterocycles. The van der Waals surface area contributed by atoms with Crippen LogP contribution in [-0.2, 0) is 0 Å². The van der Waals surface area contributed by atoms with Gasteiger partial charge >= 0.3 is 0 Å². The van der Waals surface area contributed by atoms with Crippen molar-refractivity contribution in [3.63, 3.8) is 0 Å². The molecule has 0 unspecified atom stereocenters. The smallest absolute Gasteiger partial charge is 0.00955 e. The maximum Gasteiger partial charge on any atom is 0.00955 e. The molecule has 1 saturated carbocycles. The molecule has 3 rings (SSSR count). The molecule has 0 amide bonds. The zero-order valence-electron chi connectivity index (χ0n) is 11.4. The first-order chi connectivity index (χ1) is 8.33. The van der Waals surface area contributed by atoms with Crippen molar-refractivity contribution < 1.29 is 0 Å². The van der Waals surface area contributed by atoms with Gasteiger partial charge in [-0.25, -0.2) is 0 Å². The highest BCUT2D eigenvalue weighted by Crippen LogP contribution is 2.35. The molecule has 0 aromatic carbocycles. The predicted octanol–water partition coefficient (Wildman–Crippen LogP) is 2.59. The molecule has 2 heteroatoms. The Morgan fingerprint density at radius 1 is 0.765 bits per heavy atom. The van der Waals surface area contributed by atoms with Crippen LogP contribution in [0.25, 0.3) is 0 Å². The average molecular weight is 236 g/mol. The summed E-state index contributed by atoms with van der Waals surface area (Å²) in [6, 6.07) is 0.964. The van der Waals surface area contributed by atoms with Crippen LogP contribution < -0.4 is 0 Å². The molecule has 2 nitrogen and oxygen atoms in total. The average Bonchev–Trinajstić information content (AvgIpc) is 2.31. The molecule has 0 spiro atoms. The number of hydrogen-bond acceptors (Lipinski definition) is 2. The minimum absolute atomic E-state index is 0.964. The standard InChI is InChI=1S/C15H28N2/c1-16-9-7-13(8-10-16)14-11-17(12-14)15-5-3-2-4-6-15/h13-15H,2-12H2,1H3. The van der Waals surface area contributed by atoms with E-state index in [1.54, 1.807) is 0 Å². The van der Waals surface area contributed by atoms with Crippen LogP contribution in [0.1, 0.15) is 44.9 Å². The molecule has 0 atom stereocenters. The summed E-state index contributed by atoms with van der Waals surface area (Å²) < 4.78 is 0. The molecule has 3 aliphatic rings. The van der Waals surface area contributed by atoms with E-state index in [4.69, 9.17) is 0 Å². The molecular formula is C15H28N2. The number of hydrogen-bond donors (Lipinski definition) is 0. The lowest BCUT2D eigenvalue weighted by atomic mass is 9.78. The van der Waals surface area contributed by atoms with Crippen LogP contribution in [0.15, 0.2) is 0 Å². The zero-order valence-corrected chi connectivity index (χ0v) is 11.4. The quantitative estimate of drug-likeness (QED) is 0.727. The van der Waals surface area contributed by atoms with E-state index in [1.165, 1.54) is 71.1 Å². The zero-order chi connectivity index (χ0) is 11.7. The molecule has 2 saturated heterocycles. The van der Waals surface area contributed by atoms with E-state index in [0.717, 1.165) is 17.9 Å². The normalized spacial score (nSPS) is 31.6. The van der Waals surface area contributed by atoms with Gasteiger partial charge in [0.2, 0.25) is 0 Å². The summed E-state index contributed by atoms with van der Waals surface area (Å²) in [5.74, 6) is 2.09. The van der Waals surface area contributed by atoms with Crippen molar-refractivity contribution in [3.05, 3.63) is 0 Å². The third-order valence-corrected chi connectivity index (χ3v) is 5.46. The van der Waals surface area contributed by atoms with Crippen molar-refractivity contribution in [2.45, 2.75) is 51.0 Å². The fraction of sp³-hybridized carbons (Fsp3) is 1.00. The third kappa shape index (κ3) is 2.68. The van der Waals surface area contributed by atoms with Gasteiger partial charge in [0, 0.05) is 19.1 Å². The van der Waals surface area contributed by atoms with Crippen molar-refractivity contribution in [3.8, 4) is 0 Å². The maximum absolute atomic E-state index is 2.79. The molecule has 3 fully saturated rings. The Kier molecular flexibility index (Phi) is 3.72. The highest BCUT2D eigenvalue weighted by molar-refractivity contribution is 4.91. The number of rotatable bonds is 2. The minimum atomic E-state index is 0.964. The molecule has 0 aromatic rings. The molecule has 0 aromatic heterocycles. The van der Waals surface area contributed by atoms with Crippen molar-refractivity contribution in [2.24, 2.45) is 11.8 Å². The van der Waals surface area contributed by atoms with E-state index in [1.807, 2.05) is 0 Å². The topological polar surface area (TPSA) is 6.48 Å². The summed E-state index contributed by atoms with van der Waals surface area (Å²) in [4.78, 5) is 5.29. The van der Waals surface area contributed by atoms with Crippen molar-refractivity contribution in [1.82, 2.24) is 9.80 Å². The fourth-order valence-corrected chi connectivity index (χ4v) is 4.09. The Labute approximate surface area is 106 Å². The molecule has 0 radical (unpaired) electrons. The van der Waals surface area contributed by atoms with Crippen molar-refractivity contribution >= 4 is 0 Å². The lowest BCUT2D eigenvalue weighted by Crippen LogP contribution is -2.56. The van der Waals surface area contributed by atoms with Gasteiger partial charge in [-0.2, -0.15) is 0 Å². The summed E-state index contributed by atoms with van der Waals surface area (Å²) in [6.07, 6.45) is 10.3. The predicted molar refractivity (Wildman–Crippen MR) is 72.2 cm³/mol. The Bertz CT molecular complexity index is 233.